The molecular formula is C18H21N3O2S. The topological polar surface area (TPSA) is 70.2 Å². The first kappa shape index (κ1) is 16.7. The number of hydrogen-bond acceptors (Lipinski definition) is 4. The molecule has 1 aromatic heterocycles. The molecule has 3 N–H and O–H groups in total. The van der Waals surface area contributed by atoms with Gasteiger partial charge in [-0.3, -0.25) is 9.59 Å². The maximum absolute atomic E-state index is 12.1. The Labute approximate surface area is 145 Å². The highest BCUT2D eigenvalue weighted by atomic mass is 32.1. The lowest BCUT2D eigenvalue weighted by molar-refractivity contribution is -0.116. The highest BCUT2D eigenvalue weighted by Gasteiger charge is 2.15. The summed E-state index contributed by atoms with van der Waals surface area (Å²) in [6.45, 7) is 2.07. The van der Waals surface area contributed by atoms with E-state index in [0.29, 0.717) is 28.6 Å². The Hall–Kier alpha value is -2.18. The van der Waals surface area contributed by atoms with E-state index in [1.807, 2.05) is 29.6 Å². The van der Waals surface area contributed by atoms with E-state index in [-0.39, 0.29) is 11.8 Å². The number of rotatable bonds is 6. The molecule has 6 heteroatoms. The fourth-order valence-corrected chi connectivity index (χ4v) is 3.41. The molecule has 0 saturated carbocycles. The zero-order valence-corrected chi connectivity index (χ0v) is 14.2. The average Bonchev–Trinajstić information content (AvgIpc) is 3.27. The van der Waals surface area contributed by atoms with Gasteiger partial charge in [0, 0.05) is 17.8 Å². The highest BCUT2D eigenvalue weighted by Crippen LogP contribution is 2.19. The van der Waals surface area contributed by atoms with Crippen LogP contribution in [0.5, 0.6) is 0 Å². The number of carbonyl (C=O) groups is 2. The molecule has 1 saturated heterocycles. The molecule has 1 atom stereocenters. The first-order valence-electron chi connectivity index (χ1n) is 8.16. The number of thiophene rings is 1. The highest BCUT2D eigenvalue weighted by molar-refractivity contribution is 7.12. The number of benzene rings is 1. The summed E-state index contributed by atoms with van der Waals surface area (Å²) in [5.41, 5.74) is 1.37. The van der Waals surface area contributed by atoms with Crippen molar-refractivity contribution in [2.75, 3.05) is 23.7 Å². The van der Waals surface area contributed by atoms with Crippen LogP contribution in [0.4, 0.5) is 11.4 Å². The molecule has 2 heterocycles. The molecular weight excluding hydrogens is 322 g/mol. The molecule has 126 valence electrons. The van der Waals surface area contributed by atoms with Gasteiger partial charge in [-0.25, -0.2) is 0 Å². The quantitative estimate of drug-likeness (QED) is 0.753. The predicted molar refractivity (Wildman–Crippen MR) is 97.6 cm³/mol. The van der Waals surface area contributed by atoms with E-state index in [1.54, 1.807) is 12.1 Å². The number of anilines is 2. The summed E-state index contributed by atoms with van der Waals surface area (Å²) < 4.78 is 0. The van der Waals surface area contributed by atoms with Crippen molar-refractivity contribution in [3.63, 3.8) is 0 Å². The average molecular weight is 343 g/mol. The van der Waals surface area contributed by atoms with E-state index >= 15 is 0 Å². The fraction of sp³-hybridized carbons (Fsp3) is 0.333. The Bertz CT molecular complexity index is 694. The van der Waals surface area contributed by atoms with Gasteiger partial charge in [0.2, 0.25) is 5.91 Å². The van der Waals surface area contributed by atoms with Gasteiger partial charge in [-0.05, 0) is 61.5 Å². The predicted octanol–water partition coefficient (Wildman–Crippen LogP) is 3.33. The SMILES string of the molecule is O=C(CCC1CCNC1)Nc1cccc(NC(=O)c2cccs2)c1. The van der Waals surface area contributed by atoms with Crippen LogP contribution in [-0.2, 0) is 4.79 Å². The monoisotopic (exact) mass is 343 g/mol. The minimum Gasteiger partial charge on any atom is -0.326 e. The van der Waals surface area contributed by atoms with Crippen LogP contribution >= 0.6 is 11.3 Å². The maximum Gasteiger partial charge on any atom is 0.265 e. The van der Waals surface area contributed by atoms with E-state index in [4.69, 9.17) is 0 Å². The van der Waals surface area contributed by atoms with Gasteiger partial charge in [-0.2, -0.15) is 0 Å². The second-order valence-corrected chi connectivity index (χ2v) is 6.91. The maximum atomic E-state index is 12.1. The molecule has 2 aromatic rings. The summed E-state index contributed by atoms with van der Waals surface area (Å²) in [6.07, 6.45) is 2.59. The standard InChI is InChI=1S/C18H21N3O2S/c22-17(7-6-13-8-9-19-12-13)20-14-3-1-4-15(11-14)21-18(23)16-5-2-10-24-16/h1-5,10-11,13,19H,6-9,12H2,(H,20,22)(H,21,23). The molecule has 2 amide bonds. The molecule has 24 heavy (non-hydrogen) atoms. The van der Waals surface area contributed by atoms with E-state index in [2.05, 4.69) is 16.0 Å². The largest absolute Gasteiger partial charge is 0.326 e. The van der Waals surface area contributed by atoms with Gasteiger partial charge in [0.25, 0.3) is 5.91 Å². The van der Waals surface area contributed by atoms with Crippen molar-refractivity contribution in [2.45, 2.75) is 19.3 Å². The third-order valence-corrected chi connectivity index (χ3v) is 4.96. The second-order valence-electron chi connectivity index (χ2n) is 5.96. The van der Waals surface area contributed by atoms with Gasteiger partial charge < -0.3 is 16.0 Å². The third-order valence-electron chi connectivity index (χ3n) is 4.09. The van der Waals surface area contributed by atoms with Crippen LogP contribution in [0.2, 0.25) is 0 Å². The molecule has 3 rings (SSSR count). The van der Waals surface area contributed by atoms with Crippen molar-refractivity contribution in [3.05, 3.63) is 46.7 Å². The molecule has 1 aliphatic rings. The van der Waals surface area contributed by atoms with Gasteiger partial charge >= 0.3 is 0 Å². The summed E-state index contributed by atoms with van der Waals surface area (Å²) in [5, 5.41) is 10.9. The van der Waals surface area contributed by atoms with Crippen molar-refractivity contribution in [3.8, 4) is 0 Å². The van der Waals surface area contributed by atoms with E-state index in [1.165, 1.54) is 11.3 Å². The molecule has 0 spiro atoms. The van der Waals surface area contributed by atoms with Crippen LogP contribution in [0.3, 0.4) is 0 Å². The van der Waals surface area contributed by atoms with Crippen LogP contribution in [0.25, 0.3) is 0 Å². The minimum absolute atomic E-state index is 0.0173. The van der Waals surface area contributed by atoms with Crippen LogP contribution in [0, 0.1) is 5.92 Å². The third kappa shape index (κ3) is 4.66. The summed E-state index contributed by atoms with van der Waals surface area (Å²) >= 11 is 1.40. The molecule has 1 aliphatic heterocycles. The van der Waals surface area contributed by atoms with Crippen molar-refractivity contribution in [1.82, 2.24) is 5.32 Å². The number of carbonyl (C=O) groups excluding carboxylic acids is 2. The van der Waals surface area contributed by atoms with Crippen molar-refractivity contribution < 1.29 is 9.59 Å². The second kappa shape index (κ2) is 8.08. The normalized spacial score (nSPS) is 16.8. The van der Waals surface area contributed by atoms with Gasteiger partial charge in [0.05, 0.1) is 4.88 Å². The van der Waals surface area contributed by atoms with Crippen LogP contribution < -0.4 is 16.0 Å². The van der Waals surface area contributed by atoms with Crippen molar-refractivity contribution in [1.29, 1.82) is 0 Å². The van der Waals surface area contributed by atoms with Crippen molar-refractivity contribution in [2.24, 2.45) is 5.92 Å². The van der Waals surface area contributed by atoms with E-state index in [0.717, 1.165) is 25.9 Å². The number of nitrogens with one attached hydrogen (secondary N) is 3. The smallest absolute Gasteiger partial charge is 0.265 e. The molecule has 5 nitrogen and oxygen atoms in total. The first-order valence-corrected chi connectivity index (χ1v) is 9.04. The summed E-state index contributed by atoms with van der Waals surface area (Å²) in [4.78, 5) is 24.8. The molecule has 0 aliphatic carbocycles. The molecule has 0 radical (unpaired) electrons. The Morgan fingerprint density at radius 1 is 1.17 bits per heavy atom. The van der Waals surface area contributed by atoms with Crippen molar-refractivity contribution >= 4 is 34.5 Å². The van der Waals surface area contributed by atoms with Crippen LogP contribution in [0.1, 0.15) is 28.9 Å². The molecule has 1 fully saturated rings. The van der Waals surface area contributed by atoms with E-state index in [9.17, 15) is 9.59 Å². The number of hydrogen-bond donors (Lipinski definition) is 3. The fourth-order valence-electron chi connectivity index (χ4n) is 2.79. The Kier molecular flexibility index (Phi) is 5.61. The molecule has 0 bridgehead atoms. The Morgan fingerprint density at radius 3 is 2.71 bits per heavy atom. The summed E-state index contributed by atoms with van der Waals surface area (Å²) in [7, 11) is 0. The zero-order valence-electron chi connectivity index (χ0n) is 13.4. The minimum atomic E-state index is -0.137. The van der Waals surface area contributed by atoms with Gasteiger partial charge in [-0.15, -0.1) is 11.3 Å². The summed E-state index contributed by atoms with van der Waals surface area (Å²) in [6, 6.07) is 10.9. The zero-order chi connectivity index (χ0) is 16.8. The van der Waals surface area contributed by atoms with Crippen LogP contribution in [0.15, 0.2) is 41.8 Å². The number of amides is 2. The van der Waals surface area contributed by atoms with Gasteiger partial charge in [0.15, 0.2) is 0 Å². The summed E-state index contributed by atoms with van der Waals surface area (Å²) in [5.74, 6) is 0.484. The molecule has 1 unspecified atom stereocenters. The Morgan fingerprint density at radius 2 is 2.00 bits per heavy atom. The lowest BCUT2D eigenvalue weighted by Gasteiger charge is -2.10. The lowest BCUT2D eigenvalue weighted by Crippen LogP contribution is -2.15. The van der Waals surface area contributed by atoms with Crippen LogP contribution in [-0.4, -0.2) is 24.9 Å². The van der Waals surface area contributed by atoms with E-state index < -0.39 is 0 Å². The van der Waals surface area contributed by atoms with Gasteiger partial charge in [-0.1, -0.05) is 12.1 Å². The lowest BCUT2D eigenvalue weighted by atomic mass is 10.0. The van der Waals surface area contributed by atoms with Gasteiger partial charge in [0.1, 0.15) is 0 Å². The first-order chi connectivity index (χ1) is 11.7. The molecule has 1 aromatic carbocycles. The Balaban J connectivity index is 1.52.